The number of pyridine rings is 1. The number of rotatable bonds is 1. The molecule has 1 fully saturated rings. The number of nitrogens with one attached hydrogen (secondary N) is 1. The third-order valence-corrected chi connectivity index (χ3v) is 2.10. The normalized spacial score (nSPS) is 22.3. The summed E-state index contributed by atoms with van der Waals surface area (Å²) in [5.41, 5.74) is 3.15. The number of anilines is 1. The standard InChI is InChI=1S/C9H12FN3/c1-7-5-11-13(6-7)9-4-2-3-8(10)12-9/h2-4,7,11H,5-6H2,1H3. The first-order valence-corrected chi connectivity index (χ1v) is 4.39. The van der Waals surface area contributed by atoms with Crippen molar-refractivity contribution in [2.75, 3.05) is 18.1 Å². The van der Waals surface area contributed by atoms with E-state index in [-0.39, 0.29) is 0 Å². The molecule has 2 rings (SSSR count). The lowest BCUT2D eigenvalue weighted by Gasteiger charge is -2.16. The number of hydrazine groups is 1. The quantitative estimate of drug-likeness (QED) is 0.659. The van der Waals surface area contributed by atoms with Crippen molar-refractivity contribution in [3.63, 3.8) is 0 Å². The average Bonchev–Trinajstić information content (AvgIpc) is 2.52. The van der Waals surface area contributed by atoms with E-state index >= 15 is 0 Å². The highest BCUT2D eigenvalue weighted by molar-refractivity contribution is 5.37. The third-order valence-electron chi connectivity index (χ3n) is 2.10. The van der Waals surface area contributed by atoms with Crippen LogP contribution < -0.4 is 10.4 Å². The fourth-order valence-corrected chi connectivity index (χ4v) is 1.43. The summed E-state index contributed by atoms with van der Waals surface area (Å²) in [6.07, 6.45) is 0. The van der Waals surface area contributed by atoms with Crippen LogP contribution in [0.25, 0.3) is 0 Å². The van der Waals surface area contributed by atoms with Crippen LogP contribution in [0.4, 0.5) is 10.2 Å². The van der Waals surface area contributed by atoms with Gasteiger partial charge in [0.15, 0.2) is 0 Å². The van der Waals surface area contributed by atoms with Gasteiger partial charge in [0.05, 0.1) is 0 Å². The molecular formula is C9H12FN3. The van der Waals surface area contributed by atoms with Crippen LogP contribution in [0.3, 0.4) is 0 Å². The molecule has 1 aromatic heterocycles. The van der Waals surface area contributed by atoms with Crippen LogP contribution in [0, 0.1) is 11.9 Å². The van der Waals surface area contributed by atoms with Crippen molar-refractivity contribution in [3.05, 3.63) is 24.1 Å². The van der Waals surface area contributed by atoms with Gasteiger partial charge in [0.1, 0.15) is 5.82 Å². The minimum Gasteiger partial charge on any atom is -0.292 e. The highest BCUT2D eigenvalue weighted by Crippen LogP contribution is 2.14. The summed E-state index contributed by atoms with van der Waals surface area (Å²) >= 11 is 0. The van der Waals surface area contributed by atoms with Crippen LogP contribution in [-0.4, -0.2) is 18.1 Å². The molecule has 1 aromatic rings. The van der Waals surface area contributed by atoms with Gasteiger partial charge in [0.2, 0.25) is 5.95 Å². The highest BCUT2D eigenvalue weighted by atomic mass is 19.1. The molecule has 2 heterocycles. The SMILES string of the molecule is CC1CNN(c2cccc(F)n2)C1. The van der Waals surface area contributed by atoms with Crippen molar-refractivity contribution in [3.8, 4) is 0 Å². The Labute approximate surface area is 76.6 Å². The fraction of sp³-hybridized carbons (Fsp3) is 0.444. The summed E-state index contributed by atoms with van der Waals surface area (Å²) in [7, 11) is 0. The van der Waals surface area contributed by atoms with Gasteiger partial charge in [-0.25, -0.2) is 10.4 Å². The predicted molar refractivity (Wildman–Crippen MR) is 48.7 cm³/mol. The average molecular weight is 181 g/mol. The molecule has 1 unspecified atom stereocenters. The summed E-state index contributed by atoms with van der Waals surface area (Å²) in [5, 5.41) is 1.88. The lowest BCUT2D eigenvalue weighted by Crippen LogP contribution is -2.31. The van der Waals surface area contributed by atoms with E-state index in [4.69, 9.17) is 0 Å². The zero-order chi connectivity index (χ0) is 9.26. The molecule has 0 amide bonds. The molecule has 0 radical (unpaired) electrons. The van der Waals surface area contributed by atoms with Gasteiger partial charge in [-0.15, -0.1) is 0 Å². The smallest absolute Gasteiger partial charge is 0.214 e. The van der Waals surface area contributed by atoms with E-state index in [9.17, 15) is 4.39 Å². The Morgan fingerprint density at radius 2 is 2.46 bits per heavy atom. The van der Waals surface area contributed by atoms with Gasteiger partial charge in [0, 0.05) is 13.1 Å². The second-order valence-corrected chi connectivity index (χ2v) is 3.40. The molecule has 0 bridgehead atoms. The van der Waals surface area contributed by atoms with E-state index in [0.29, 0.717) is 11.7 Å². The maximum absolute atomic E-state index is 12.8. The van der Waals surface area contributed by atoms with E-state index in [1.807, 2.05) is 5.01 Å². The number of nitrogens with zero attached hydrogens (tertiary/aromatic N) is 2. The fourth-order valence-electron chi connectivity index (χ4n) is 1.43. The molecule has 1 atom stereocenters. The second-order valence-electron chi connectivity index (χ2n) is 3.40. The van der Waals surface area contributed by atoms with E-state index in [1.165, 1.54) is 6.07 Å². The topological polar surface area (TPSA) is 28.2 Å². The van der Waals surface area contributed by atoms with Gasteiger partial charge < -0.3 is 0 Å². The van der Waals surface area contributed by atoms with E-state index in [2.05, 4.69) is 17.3 Å². The molecule has 1 aliphatic heterocycles. The molecule has 4 heteroatoms. The maximum atomic E-state index is 12.8. The van der Waals surface area contributed by atoms with Crippen molar-refractivity contribution in [1.82, 2.24) is 10.4 Å². The molecule has 13 heavy (non-hydrogen) atoms. The number of aromatic nitrogens is 1. The van der Waals surface area contributed by atoms with Crippen molar-refractivity contribution < 1.29 is 4.39 Å². The Hall–Kier alpha value is -1.16. The minimum atomic E-state index is -0.432. The number of halogens is 1. The molecule has 1 saturated heterocycles. The Morgan fingerprint density at radius 1 is 1.62 bits per heavy atom. The van der Waals surface area contributed by atoms with Gasteiger partial charge >= 0.3 is 0 Å². The molecule has 70 valence electrons. The Bertz CT molecular complexity index is 303. The number of hydrogen-bond donors (Lipinski definition) is 1. The zero-order valence-electron chi connectivity index (χ0n) is 7.50. The van der Waals surface area contributed by atoms with Crippen LogP contribution in [-0.2, 0) is 0 Å². The molecule has 1 N–H and O–H groups in total. The van der Waals surface area contributed by atoms with Crippen LogP contribution in [0.2, 0.25) is 0 Å². The molecule has 0 aromatic carbocycles. The summed E-state index contributed by atoms with van der Waals surface area (Å²) < 4.78 is 12.8. The maximum Gasteiger partial charge on any atom is 0.214 e. The van der Waals surface area contributed by atoms with E-state index in [0.717, 1.165) is 13.1 Å². The summed E-state index contributed by atoms with van der Waals surface area (Å²) in [5.74, 6) is 0.813. The molecule has 1 aliphatic rings. The van der Waals surface area contributed by atoms with Gasteiger partial charge in [0.25, 0.3) is 0 Å². The van der Waals surface area contributed by atoms with Gasteiger partial charge in [-0.05, 0) is 18.1 Å². The molecular weight excluding hydrogens is 169 g/mol. The summed E-state index contributed by atoms with van der Waals surface area (Å²) in [4.78, 5) is 3.79. The first-order chi connectivity index (χ1) is 6.25. The first-order valence-electron chi connectivity index (χ1n) is 4.39. The zero-order valence-corrected chi connectivity index (χ0v) is 7.50. The Morgan fingerprint density at radius 3 is 3.08 bits per heavy atom. The van der Waals surface area contributed by atoms with E-state index in [1.54, 1.807) is 12.1 Å². The van der Waals surface area contributed by atoms with Gasteiger partial charge in [-0.2, -0.15) is 4.39 Å². The van der Waals surface area contributed by atoms with Crippen LogP contribution in [0.15, 0.2) is 18.2 Å². The first kappa shape index (κ1) is 8.44. The minimum absolute atomic E-state index is 0.432. The van der Waals surface area contributed by atoms with Gasteiger partial charge in [-0.1, -0.05) is 13.0 Å². The summed E-state index contributed by atoms with van der Waals surface area (Å²) in [6, 6.07) is 4.82. The highest BCUT2D eigenvalue weighted by Gasteiger charge is 2.19. The van der Waals surface area contributed by atoms with Crippen LogP contribution in [0.5, 0.6) is 0 Å². The second kappa shape index (κ2) is 3.30. The summed E-state index contributed by atoms with van der Waals surface area (Å²) in [6.45, 7) is 3.96. The molecule has 0 saturated carbocycles. The lowest BCUT2D eigenvalue weighted by atomic mass is 10.2. The third kappa shape index (κ3) is 1.78. The monoisotopic (exact) mass is 181 g/mol. The van der Waals surface area contributed by atoms with Crippen molar-refractivity contribution in [2.45, 2.75) is 6.92 Å². The van der Waals surface area contributed by atoms with E-state index < -0.39 is 5.95 Å². The molecule has 3 nitrogen and oxygen atoms in total. The Balaban J connectivity index is 2.16. The molecule has 0 spiro atoms. The van der Waals surface area contributed by atoms with Gasteiger partial charge in [-0.3, -0.25) is 5.01 Å². The molecule has 0 aliphatic carbocycles. The van der Waals surface area contributed by atoms with Crippen molar-refractivity contribution >= 4 is 5.82 Å². The predicted octanol–water partition coefficient (Wildman–Crippen LogP) is 1.18. The van der Waals surface area contributed by atoms with Crippen LogP contribution >= 0.6 is 0 Å². The van der Waals surface area contributed by atoms with Crippen molar-refractivity contribution in [2.24, 2.45) is 5.92 Å². The van der Waals surface area contributed by atoms with Crippen LogP contribution in [0.1, 0.15) is 6.92 Å². The Kier molecular flexibility index (Phi) is 2.14. The number of hydrogen-bond acceptors (Lipinski definition) is 3. The lowest BCUT2D eigenvalue weighted by molar-refractivity contribution is 0.579. The van der Waals surface area contributed by atoms with Crippen molar-refractivity contribution in [1.29, 1.82) is 0 Å². The largest absolute Gasteiger partial charge is 0.292 e.